The van der Waals surface area contributed by atoms with Crippen molar-refractivity contribution in [2.24, 2.45) is 5.92 Å². The number of amides is 2. The van der Waals surface area contributed by atoms with Crippen LogP contribution < -0.4 is 21.1 Å². The van der Waals surface area contributed by atoms with Gasteiger partial charge < -0.3 is 15.5 Å². The van der Waals surface area contributed by atoms with Crippen LogP contribution in [-0.4, -0.2) is 46.0 Å². The molecule has 9 nitrogen and oxygen atoms in total. The Hall–Kier alpha value is -3.27. The number of benzene rings is 1. The van der Waals surface area contributed by atoms with Crippen LogP contribution in [0.25, 0.3) is 10.3 Å². The molecule has 0 bridgehead atoms. The molecule has 2 unspecified atom stereocenters. The number of fused-ring (bicyclic) bond motifs is 2. The van der Waals surface area contributed by atoms with Gasteiger partial charge in [-0.3, -0.25) is 19.0 Å². The standard InChI is InChI=1S/C25H30N6O3S/c1-2-11-26-23(33)17-7-5-12-30(13-17)25-29-22-21(35-25)24(34)31(15-27-22)14-20(32)28-19-10-9-16-6-3-4-8-18(16)19/h3-4,6,8,15,17,19H,2,5,7,9-14H2,1H3,(H,26,33)(H,28,32). The molecule has 2 amide bonds. The number of hydrogen-bond donors (Lipinski definition) is 2. The van der Waals surface area contributed by atoms with Gasteiger partial charge in [0.15, 0.2) is 10.8 Å². The fourth-order valence-corrected chi connectivity index (χ4v) is 5.95. The highest BCUT2D eigenvalue weighted by molar-refractivity contribution is 7.22. The summed E-state index contributed by atoms with van der Waals surface area (Å²) in [4.78, 5) is 49.3. The molecule has 5 rings (SSSR count). The topological polar surface area (TPSA) is 109 Å². The Labute approximate surface area is 207 Å². The lowest BCUT2D eigenvalue weighted by Crippen LogP contribution is -2.43. The molecular formula is C25H30N6O3S. The number of rotatable bonds is 7. The van der Waals surface area contributed by atoms with Gasteiger partial charge in [0.2, 0.25) is 11.8 Å². The second-order valence-corrected chi connectivity index (χ2v) is 10.2. The van der Waals surface area contributed by atoms with Crippen LogP contribution in [0.1, 0.15) is 49.8 Å². The number of piperidine rings is 1. The summed E-state index contributed by atoms with van der Waals surface area (Å²) in [6.07, 6.45) is 5.85. The minimum absolute atomic E-state index is 0.0253. The number of carbonyl (C=O) groups excluding carboxylic acids is 2. The van der Waals surface area contributed by atoms with Gasteiger partial charge in [0.25, 0.3) is 5.56 Å². The maximum absolute atomic E-state index is 13.1. The van der Waals surface area contributed by atoms with Crippen molar-refractivity contribution in [3.63, 3.8) is 0 Å². The SMILES string of the molecule is CCCNC(=O)C1CCCN(c2nc3ncn(CC(=O)NC4CCc5ccccc54)c(=O)c3s2)C1. The third kappa shape index (κ3) is 4.93. The summed E-state index contributed by atoms with van der Waals surface area (Å²) in [5.74, 6) is -0.220. The summed E-state index contributed by atoms with van der Waals surface area (Å²) in [7, 11) is 0. The molecule has 1 aliphatic carbocycles. The zero-order valence-electron chi connectivity index (χ0n) is 19.8. The largest absolute Gasteiger partial charge is 0.356 e. The van der Waals surface area contributed by atoms with Gasteiger partial charge >= 0.3 is 0 Å². The lowest BCUT2D eigenvalue weighted by molar-refractivity contribution is -0.125. The van der Waals surface area contributed by atoms with E-state index in [0.29, 0.717) is 28.6 Å². The molecule has 3 heterocycles. The van der Waals surface area contributed by atoms with E-state index in [2.05, 4.69) is 31.6 Å². The summed E-state index contributed by atoms with van der Waals surface area (Å²) in [6, 6.07) is 8.10. The Morgan fingerprint density at radius 2 is 2.09 bits per heavy atom. The quantitative estimate of drug-likeness (QED) is 0.522. The Morgan fingerprint density at radius 3 is 2.94 bits per heavy atom. The van der Waals surface area contributed by atoms with Gasteiger partial charge in [-0.2, -0.15) is 4.98 Å². The van der Waals surface area contributed by atoms with Crippen molar-refractivity contribution in [2.75, 3.05) is 24.5 Å². The molecule has 0 radical (unpaired) electrons. The molecule has 1 aliphatic heterocycles. The number of carbonyl (C=O) groups is 2. The van der Waals surface area contributed by atoms with E-state index in [1.165, 1.54) is 27.8 Å². The van der Waals surface area contributed by atoms with Crippen LogP contribution in [0.3, 0.4) is 0 Å². The van der Waals surface area contributed by atoms with Crippen LogP contribution >= 0.6 is 11.3 Å². The van der Waals surface area contributed by atoms with Gasteiger partial charge in [-0.15, -0.1) is 0 Å². The molecule has 1 saturated heterocycles. The van der Waals surface area contributed by atoms with Crippen molar-refractivity contribution in [3.05, 3.63) is 52.1 Å². The fourth-order valence-electron chi connectivity index (χ4n) is 4.94. The summed E-state index contributed by atoms with van der Waals surface area (Å²) >= 11 is 1.28. The molecule has 35 heavy (non-hydrogen) atoms. The number of aromatic nitrogens is 3. The first-order valence-electron chi connectivity index (χ1n) is 12.3. The number of thiazole rings is 1. The number of hydrogen-bond acceptors (Lipinski definition) is 7. The van der Waals surface area contributed by atoms with Crippen LogP contribution in [0.4, 0.5) is 5.13 Å². The molecule has 2 aromatic heterocycles. The van der Waals surface area contributed by atoms with Gasteiger partial charge in [0, 0.05) is 19.6 Å². The van der Waals surface area contributed by atoms with Gasteiger partial charge in [-0.05, 0) is 43.2 Å². The second-order valence-electron chi connectivity index (χ2n) is 9.26. The van der Waals surface area contributed by atoms with Gasteiger partial charge in [0.05, 0.1) is 12.0 Å². The highest BCUT2D eigenvalue weighted by atomic mass is 32.1. The number of anilines is 1. The molecule has 0 saturated carbocycles. The van der Waals surface area contributed by atoms with Gasteiger partial charge in [0.1, 0.15) is 17.6 Å². The van der Waals surface area contributed by atoms with Gasteiger partial charge in [-0.1, -0.05) is 42.5 Å². The van der Waals surface area contributed by atoms with E-state index in [0.717, 1.165) is 44.2 Å². The Bertz CT molecular complexity index is 1300. The Morgan fingerprint density at radius 1 is 1.23 bits per heavy atom. The first-order valence-corrected chi connectivity index (χ1v) is 13.1. The van der Waals surface area contributed by atoms with Crippen molar-refractivity contribution in [1.29, 1.82) is 0 Å². The van der Waals surface area contributed by atoms with Gasteiger partial charge in [-0.25, -0.2) is 4.98 Å². The molecule has 10 heteroatoms. The third-order valence-electron chi connectivity index (χ3n) is 6.77. The maximum Gasteiger partial charge on any atom is 0.273 e. The third-order valence-corrected chi connectivity index (χ3v) is 7.86. The van der Waals surface area contributed by atoms with E-state index in [9.17, 15) is 14.4 Å². The normalized spacial score (nSPS) is 19.5. The van der Waals surface area contributed by atoms with Crippen molar-refractivity contribution < 1.29 is 9.59 Å². The summed E-state index contributed by atoms with van der Waals surface area (Å²) in [6.45, 7) is 4.00. The summed E-state index contributed by atoms with van der Waals surface area (Å²) < 4.78 is 1.77. The smallest absolute Gasteiger partial charge is 0.273 e. The van der Waals surface area contributed by atoms with E-state index in [-0.39, 0.29) is 35.9 Å². The van der Waals surface area contributed by atoms with Crippen LogP contribution in [0.15, 0.2) is 35.4 Å². The van der Waals surface area contributed by atoms with E-state index < -0.39 is 0 Å². The first kappa shape index (κ1) is 23.5. The number of aryl methyl sites for hydroxylation is 1. The summed E-state index contributed by atoms with van der Waals surface area (Å²) in [5, 5.41) is 6.74. The molecule has 1 fully saturated rings. The van der Waals surface area contributed by atoms with E-state index >= 15 is 0 Å². The van der Waals surface area contributed by atoms with E-state index in [4.69, 9.17) is 0 Å². The predicted octanol–water partition coefficient (Wildman–Crippen LogP) is 2.40. The van der Waals surface area contributed by atoms with Crippen molar-refractivity contribution in [1.82, 2.24) is 25.2 Å². The van der Waals surface area contributed by atoms with Crippen LogP contribution in [0.5, 0.6) is 0 Å². The lowest BCUT2D eigenvalue weighted by atomic mass is 9.97. The molecule has 1 aromatic carbocycles. The van der Waals surface area contributed by atoms with Crippen molar-refractivity contribution in [2.45, 2.75) is 51.6 Å². The van der Waals surface area contributed by atoms with E-state index in [1.54, 1.807) is 0 Å². The molecule has 184 valence electrons. The average molecular weight is 495 g/mol. The Kier molecular flexibility index (Phi) is 6.81. The molecule has 2 N–H and O–H groups in total. The molecule has 0 spiro atoms. The number of nitrogens with one attached hydrogen (secondary N) is 2. The van der Waals surface area contributed by atoms with Crippen LogP contribution in [0.2, 0.25) is 0 Å². The molecule has 3 aromatic rings. The minimum atomic E-state index is -0.269. The van der Waals surface area contributed by atoms with E-state index in [1.807, 2.05) is 25.1 Å². The minimum Gasteiger partial charge on any atom is -0.356 e. The predicted molar refractivity (Wildman–Crippen MR) is 136 cm³/mol. The lowest BCUT2D eigenvalue weighted by Gasteiger charge is -2.31. The zero-order valence-corrected chi connectivity index (χ0v) is 20.6. The number of nitrogens with zero attached hydrogens (tertiary/aromatic N) is 4. The van der Waals surface area contributed by atoms with Crippen LogP contribution in [0, 0.1) is 5.92 Å². The highest BCUT2D eigenvalue weighted by Gasteiger charge is 2.28. The maximum atomic E-state index is 13.1. The van der Waals surface area contributed by atoms with Crippen molar-refractivity contribution >= 4 is 38.6 Å². The highest BCUT2D eigenvalue weighted by Crippen LogP contribution is 2.31. The van der Waals surface area contributed by atoms with Crippen molar-refractivity contribution in [3.8, 4) is 0 Å². The molecular weight excluding hydrogens is 464 g/mol. The fraction of sp³-hybridized carbons (Fsp3) is 0.480. The zero-order chi connectivity index (χ0) is 24.4. The molecule has 2 atom stereocenters. The monoisotopic (exact) mass is 494 g/mol. The average Bonchev–Trinajstić information content (AvgIpc) is 3.49. The van der Waals surface area contributed by atoms with Crippen LogP contribution in [-0.2, 0) is 22.6 Å². The summed E-state index contributed by atoms with van der Waals surface area (Å²) in [5.41, 5.74) is 2.53. The second kappa shape index (κ2) is 10.2. The first-order chi connectivity index (χ1) is 17.0. The molecule has 2 aliphatic rings. The Balaban J connectivity index is 1.28.